The Hall–Kier alpha value is -0.420. The average molecular weight is 465 g/mol. The SMILES string of the molecule is CSCS[C@@H]1[C@H](C)C2C3CC=C4CC(OC(C)=O)CCC4(C)C3CCC2(C)[C@H]1C(C)=O. The second-order valence-electron chi connectivity index (χ2n) is 11.2. The van der Waals surface area contributed by atoms with Gasteiger partial charge in [0.2, 0.25) is 0 Å². The molecule has 0 spiro atoms. The maximum atomic E-state index is 12.9. The summed E-state index contributed by atoms with van der Waals surface area (Å²) in [6.45, 7) is 10.8. The van der Waals surface area contributed by atoms with Gasteiger partial charge in [-0.25, -0.2) is 0 Å². The minimum atomic E-state index is -0.153. The van der Waals surface area contributed by atoms with Crippen LogP contribution in [0.4, 0.5) is 0 Å². The molecule has 6 unspecified atom stereocenters. The van der Waals surface area contributed by atoms with Gasteiger partial charge < -0.3 is 4.74 Å². The quantitative estimate of drug-likeness (QED) is 0.269. The summed E-state index contributed by atoms with van der Waals surface area (Å²) >= 11 is 3.92. The summed E-state index contributed by atoms with van der Waals surface area (Å²) in [4.78, 5) is 24.4. The first-order chi connectivity index (χ1) is 14.6. The number of allylic oxidation sites excluding steroid dienone is 1. The third kappa shape index (κ3) is 3.84. The Bertz CT molecular complexity index is 764. The van der Waals surface area contributed by atoms with E-state index in [2.05, 4.69) is 33.1 Å². The average Bonchev–Trinajstić information content (AvgIpc) is 2.93. The topological polar surface area (TPSA) is 43.4 Å². The fraction of sp³-hybridized carbons (Fsp3) is 0.846. The van der Waals surface area contributed by atoms with Gasteiger partial charge in [0.05, 0.1) is 0 Å². The first-order valence-electron chi connectivity index (χ1n) is 12.1. The second kappa shape index (κ2) is 8.74. The van der Waals surface area contributed by atoms with Gasteiger partial charge in [0, 0.05) is 29.6 Å². The number of ketones is 1. The van der Waals surface area contributed by atoms with E-state index in [1.165, 1.54) is 25.3 Å². The fourth-order valence-electron chi connectivity index (χ4n) is 8.57. The van der Waals surface area contributed by atoms with Crippen LogP contribution in [0.2, 0.25) is 0 Å². The minimum absolute atomic E-state index is 0.0575. The normalized spacial score (nSPS) is 46.4. The molecule has 31 heavy (non-hydrogen) atoms. The first-order valence-corrected chi connectivity index (χ1v) is 14.6. The minimum Gasteiger partial charge on any atom is -0.462 e. The lowest BCUT2D eigenvalue weighted by Crippen LogP contribution is -2.51. The number of hydrogen-bond acceptors (Lipinski definition) is 5. The zero-order valence-electron chi connectivity index (χ0n) is 20.1. The van der Waals surface area contributed by atoms with Gasteiger partial charge in [-0.15, -0.1) is 11.8 Å². The standard InChI is InChI=1S/C26H40O3S2/c1-15-22-20-8-7-18-13-19(29-17(3)28)9-11-25(18,4)21(20)10-12-26(22,5)23(16(2)27)24(15)31-14-30-6/h7,15,19-24H,8-14H2,1-6H3/t15-,19?,20?,21?,22?,23+,24-,25?,26?/m1/s1. The molecule has 4 aliphatic carbocycles. The monoisotopic (exact) mass is 464 g/mol. The zero-order valence-corrected chi connectivity index (χ0v) is 21.7. The van der Waals surface area contributed by atoms with Gasteiger partial charge in [-0.1, -0.05) is 32.4 Å². The number of carbonyl (C=O) groups excluding carboxylic acids is 2. The largest absolute Gasteiger partial charge is 0.462 e. The lowest BCUT2D eigenvalue weighted by molar-refractivity contribution is -0.149. The number of hydrogen-bond donors (Lipinski definition) is 0. The van der Waals surface area contributed by atoms with Gasteiger partial charge in [-0.05, 0) is 79.8 Å². The maximum absolute atomic E-state index is 12.9. The highest BCUT2D eigenvalue weighted by Gasteiger charge is 2.64. The van der Waals surface area contributed by atoms with E-state index in [1.807, 2.05) is 30.4 Å². The van der Waals surface area contributed by atoms with Crippen molar-refractivity contribution in [1.82, 2.24) is 0 Å². The van der Waals surface area contributed by atoms with E-state index < -0.39 is 0 Å². The molecule has 0 heterocycles. The van der Waals surface area contributed by atoms with Crippen LogP contribution in [0.3, 0.4) is 0 Å². The van der Waals surface area contributed by atoms with Crippen molar-refractivity contribution in [3.05, 3.63) is 11.6 Å². The van der Waals surface area contributed by atoms with E-state index in [9.17, 15) is 9.59 Å². The number of thioether (sulfide) groups is 2. The van der Waals surface area contributed by atoms with E-state index in [-0.39, 0.29) is 28.8 Å². The summed E-state index contributed by atoms with van der Waals surface area (Å²) in [6.07, 6.45) is 11.3. The molecule has 174 valence electrons. The van der Waals surface area contributed by atoms with E-state index in [1.54, 1.807) is 0 Å². The molecule has 0 amide bonds. The Kier molecular flexibility index (Phi) is 6.69. The van der Waals surface area contributed by atoms with Gasteiger partial charge >= 0.3 is 5.97 Å². The molecule has 0 N–H and O–H groups in total. The molecule has 9 atom stereocenters. The maximum Gasteiger partial charge on any atom is 0.302 e. The van der Waals surface area contributed by atoms with Crippen LogP contribution in [0.1, 0.15) is 73.1 Å². The Morgan fingerprint density at radius 1 is 1.19 bits per heavy atom. The smallest absolute Gasteiger partial charge is 0.302 e. The Balaban J connectivity index is 1.64. The third-order valence-electron chi connectivity index (χ3n) is 9.63. The molecular weight excluding hydrogens is 424 g/mol. The van der Waals surface area contributed by atoms with Crippen molar-refractivity contribution in [1.29, 1.82) is 0 Å². The summed E-state index contributed by atoms with van der Waals surface area (Å²) in [5.41, 5.74) is 1.91. The molecule has 4 rings (SSSR count). The molecule has 3 saturated carbocycles. The van der Waals surface area contributed by atoms with Gasteiger partial charge in [0.25, 0.3) is 0 Å². The van der Waals surface area contributed by atoms with Crippen LogP contribution in [0.15, 0.2) is 11.6 Å². The van der Waals surface area contributed by atoms with Crippen LogP contribution >= 0.6 is 23.5 Å². The third-order valence-corrected chi connectivity index (χ3v) is 12.2. The molecule has 3 fully saturated rings. The molecule has 0 radical (unpaired) electrons. The number of rotatable bonds is 5. The number of carbonyl (C=O) groups is 2. The van der Waals surface area contributed by atoms with Crippen molar-refractivity contribution >= 4 is 35.3 Å². The summed E-state index contributed by atoms with van der Waals surface area (Å²) < 4.78 is 5.59. The number of esters is 1. The molecule has 0 bridgehead atoms. The van der Waals surface area contributed by atoms with Crippen LogP contribution in [-0.4, -0.2) is 34.4 Å². The second-order valence-corrected chi connectivity index (χ2v) is 13.6. The van der Waals surface area contributed by atoms with E-state index in [0.29, 0.717) is 34.7 Å². The Labute approximate surface area is 197 Å². The highest BCUT2D eigenvalue weighted by molar-refractivity contribution is 8.16. The van der Waals surface area contributed by atoms with E-state index >= 15 is 0 Å². The Morgan fingerprint density at radius 3 is 2.58 bits per heavy atom. The number of fused-ring (bicyclic) bond motifs is 5. The molecule has 0 aromatic heterocycles. The van der Waals surface area contributed by atoms with E-state index in [0.717, 1.165) is 30.8 Å². The van der Waals surface area contributed by atoms with Crippen LogP contribution in [0, 0.1) is 40.4 Å². The van der Waals surface area contributed by atoms with E-state index in [4.69, 9.17) is 4.74 Å². The van der Waals surface area contributed by atoms with Crippen LogP contribution < -0.4 is 0 Å². The summed E-state index contributed by atoms with van der Waals surface area (Å²) in [7, 11) is 0. The van der Waals surface area contributed by atoms with Gasteiger partial charge in [0.15, 0.2) is 0 Å². The Morgan fingerprint density at radius 2 is 1.94 bits per heavy atom. The van der Waals surface area contributed by atoms with Crippen molar-refractivity contribution in [3.63, 3.8) is 0 Å². The number of ether oxygens (including phenoxy) is 1. The van der Waals surface area contributed by atoms with Crippen LogP contribution in [-0.2, 0) is 14.3 Å². The predicted molar refractivity (Wildman–Crippen MR) is 131 cm³/mol. The summed E-state index contributed by atoms with van der Waals surface area (Å²) in [5, 5.41) is 1.53. The predicted octanol–water partition coefficient (Wildman–Crippen LogP) is 6.36. The van der Waals surface area contributed by atoms with Gasteiger partial charge in [-0.3, -0.25) is 9.59 Å². The lowest BCUT2D eigenvalue weighted by Gasteiger charge is -2.58. The molecular formula is C26H40O3S2. The van der Waals surface area contributed by atoms with Crippen LogP contribution in [0.5, 0.6) is 0 Å². The molecule has 0 saturated heterocycles. The van der Waals surface area contributed by atoms with Crippen molar-refractivity contribution in [2.45, 2.75) is 84.5 Å². The van der Waals surface area contributed by atoms with Gasteiger partial charge in [-0.2, -0.15) is 11.8 Å². The summed E-state index contributed by atoms with van der Waals surface area (Å²) in [5.74, 6) is 3.04. The fourth-order valence-corrected chi connectivity index (χ4v) is 10.9. The van der Waals surface area contributed by atoms with Crippen LogP contribution in [0.25, 0.3) is 0 Å². The number of Topliss-reactive ketones (excluding diaryl/α,β-unsaturated/α-hetero) is 1. The van der Waals surface area contributed by atoms with Crippen molar-refractivity contribution in [3.8, 4) is 0 Å². The first kappa shape index (κ1) is 23.7. The highest BCUT2D eigenvalue weighted by Crippen LogP contribution is 2.69. The van der Waals surface area contributed by atoms with Crippen molar-refractivity contribution in [2.75, 3.05) is 11.3 Å². The highest BCUT2D eigenvalue weighted by atomic mass is 32.2. The van der Waals surface area contributed by atoms with Crippen molar-refractivity contribution < 1.29 is 14.3 Å². The van der Waals surface area contributed by atoms with Gasteiger partial charge in [0.1, 0.15) is 11.9 Å². The molecule has 3 nitrogen and oxygen atoms in total. The molecule has 4 aliphatic rings. The molecule has 0 aromatic carbocycles. The molecule has 0 aromatic rings. The molecule has 0 aliphatic heterocycles. The zero-order chi connectivity index (χ0) is 22.6. The summed E-state index contributed by atoms with van der Waals surface area (Å²) in [6, 6.07) is 0. The molecule has 5 heteroatoms. The lowest BCUT2D eigenvalue weighted by atomic mass is 9.46. The van der Waals surface area contributed by atoms with Crippen molar-refractivity contribution in [2.24, 2.45) is 40.4 Å².